The monoisotopic (exact) mass is 275 g/mol. The first kappa shape index (κ1) is 13.6. The second-order valence-electron chi connectivity index (χ2n) is 4.14. The Labute approximate surface area is 117 Å². The molecule has 0 saturated heterocycles. The Morgan fingerprint density at radius 1 is 1.11 bits per heavy atom. The minimum absolute atomic E-state index is 0.248. The Hall–Kier alpha value is -1.78. The molecule has 0 saturated carbocycles. The molecule has 0 unspecified atom stereocenters. The lowest BCUT2D eigenvalue weighted by Gasteiger charge is -2.09. The molecule has 0 aromatic heterocycles. The van der Waals surface area contributed by atoms with Crippen LogP contribution in [-0.2, 0) is 18.0 Å². The normalized spacial score (nSPS) is 10.4. The van der Waals surface area contributed by atoms with Crippen LogP contribution < -0.4 is 5.73 Å². The van der Waals surface area contributed by atoms with Gasteiger partial charge >= 0.3 is 0 Å². The van der Waals surface area contributed by atoms with Crippen LogP contribution in [0.25, 0.3) is 0 Å². The summed E-state index contributed by atoms with van der Waals surface area (Å²) in [5.41, 5.74) is 7.99. The summed E-state index contributed by atoms with van der Waals surface area (Å²) < 4.78 is 18.8. The number of nitrogens with two attached hydrogens (primary N) is 1. The second-order valence-corrected chi connectivity index (χ2v) is 4.58. The molecule has 0 bridgehead atoms. The SMILES string of the molecule is NC(=S)c1ccc(F)cc1COCc1ccccc1. The Bertz CT molecular complexity index is 572. The topological polar surface area (TPSA) is 35.2 Å². The number of hydrogen-bond acceptors (Lipinski definition) is 2. The van der Waals surface area contributed by atoms with Gasteiger partial charge in [0.1, 0.15) is 10.8 Å². The molecular formula is C15H14FNOS. The molecule has 0 radical (unpaired) electrons. The van der Waals surface area contributed by atoms with E-state index >= 15 is 0 Å². The van der Waals surface area contributed by atoms with E-state index in [4.69, 9.17) is 22.7 Å². The maximum absolute atomic E-state index is 13.2. The fourth-order valence-electron chi connectivity index (χ4n) is 1.78. The molecule has 0 fully saturated rings. The Balaban J connectivity index is 2.03. The molecule has 19 heavy (non-hydrogen) atoms. The molecule has 0 aliphatic heterocycles. The van der Waals surface area contributed by atoms with Crippen molar-refractivity contribution in [3.63, 3.8) is 0 Å². The summed E-state index contributed by atoms with van der Waals surface area (Å²) in [6, 6.07) is 14.1. The molecule has 0 aliphatic carbocycles. The molecule has 2 aromatic carbocycles. The number of hydrogen-bond donors (Lipinski definition) is 1. The molecular weight excluding hydrogens is 261 g/mol. The lowest BCUT2D eigenvalue weighted by Crippen LogP contribution is -2.13. The summed E-state index contributed by atoms with van der Waals surface area (Å²) in [5.74, 6) is -0.321. The van der Waals surface area contributed by atoms with Gasteiger partial charge < -0.3 is 10.5 Å². The molecule has 0 atom stereocenters. The van der Waals surface area contributed by atoms with Gasteiger partial charge in [-0.15, -0.1) is 0 Å². The van der Waals surface area contributed by atoms with Crippen molar-refractivity contribution in [3.05, 3.63) is 71.0 Å². The molecule has 4 heteroatoms. The third kappa shape index (κ3) is 3.84. The highest BCUT2D eigenvalue weighted by Crippen LogP contribution is 2.14. The highest BCUT2D eigenvalue weighted by Gasteiger charge is 2.07. The van der Waals surface area contributed by atoms with Gasteiger partial charge in [0, 0.05) is 5.56 Å². The van der Waals surface area contributed by atoms with Crippen LogP contribution in [0.3, 0.4) is 0 Å². The second kappa shape index (κ2) is 6.41. The molecule has 98 valence electrons. The summed E-state index contributed by atoms with van der Waals surface area (Å²) in [5, 5.41) is 0. The highest BCUT2D eigenvalue weighted by atomic mass is 32.1. The fraction of sp³-hybridized carbons (Fsp3) is 0.133. The van der Waals surface area contributed by atoms with Crippen molar-refractivity contribution in [3.8, 4) is 0 Å². The molecule has 0 aliphatic rings. The van der Waals surface area contributed by atoms with E-state index < -0.39 is 0 Å². The lowest BCUT2D eigenvalue weighted by molar-refractivity contribution is 0.107. The van der Waals surface area contributed by atoms with Gasteiger partial charge in [-0.05, 0) is 29.3 Å². The van der Waals surface area contributed by atoms with Crippen LogP contribution in [0.4, 0.5) is 4.39 Å². The number of ether oxygens (including phenoxy) is 1. The van der Waals surface area contributed by atoms with Gasteiger partial charge in [0.25, 0.3) is 0 Å². The predicted molar refractivity (Wildman–Crippen MR) is 77.2 cm³/mol. The van der Waals surface area contributed by atoms with Crippen LogP contribution in [-0.4, -0.2) is 4.99 Å². The average Bonchev–Trinajstić information content (AvgIpc) is 2.39. The number of halogens is 1. The Kier molecular flexibility index (Phi) is 4.60. The van der Waals surface area contributed by atoms with Crippen LogP contribution in [0.1, 0.15) is 16.7 Å². The van der Waals surface area contributed by atoms with Crippen molar-refractivity contribution in [2.24, 2.45) is 5.73 Å². The predicted octanol–water partition coefficient (Wildman–Crippen LogP) is 3.18. The van der Waals surface area contributed by atoms with Gasteiger partial charge in [-0.25, -0.2) is 4.39 Å². The van der Waals surface area contributed by atoms with Crippen LogP contribution in [0, 0.1) is 5.82 Å². The third-order valence-electron chi connectivity index (χ3n) is 2.70. The van der Waals surface area contributed by atoms with E-state index in [1.807, 2.05) is 30.3 Å². The first-order chi connectivity index (χ1) is 9.16. The molecule has 2 rings (SSSR count). The van der Waals surface area contributed by atoms with Gasteiger partial charge in [0.05, 0.1) is 13.2 Å². The van der Waals surface area contributed by atoms with E-state index in [9.17, 15) is 4.39 Å². The number of thiocarbonyl (C=S) groups is 1. The van der Waals surface area contributed by atoms with Crippen molar-refractivity contribution in [2.75, 3.05) is 0 Å². The zero-order chi connectivity index (χ0) is 13.7. The third-order valence-corrected chi connectivity index (χ3v) is 2.92. The minimum atomic E-state index is -0.321. The van der Waals surface area contributed by atoms with Crippen molar-refractivity contribution in [2.45, 2.75) is 13.2 Å². The van der Waals surface area contributed by atoms with Gasteiger partial charge in [0.15, 0.2) is 0 Å². The van der Waals surface area contributed by atoms with Crippen molar-refractivity contribution in [1.82, 2.24) is 0 Å². The Morgan fingerprint density at radius 3 is 2.53 bits per heavy atom. The van der Waals surface area contributed by atoms with Gasteiger partial charge in [-0.2, -0.15) is 0 Å². The Morgan fingerprint density at radius 2 is 1.84 bits per heavy atom. The van der Waals surface area contributed by atoms with Gasteiger partial charge in [0.2, 0.25) is 0 Å². The zero-order valence-electron chi connectivity index (χ0n) is 10.3. The highest BCUT2D eigenvalue weighted by molar-refractivity contribution is 7.80. The molecule has 0 spiro atoms. The smallest absolute Gasteiger partial charge is 0.123 e. The molecule has 2 nitrogen and oxygen atoms in total. The summed E-state index contributed by atoms with van der Waals surface area (Å²) in [4.78, 5) is 0.248. The van der Waals surface area contributed by atoms with Crippen LogP contribution in [0.15, 0.2) is 48.5 Å². The van der Waals surface area contributed by atoms with E-state index in [1.54, 1.807) is 6.07 Å². The summed E-state index contributed by atoms with van der Waals surface area (Å²) in [6.45, 7) is 0.744. The summed E-state index contributed by atoms with van der Waals surface area (Å²) in [6.07, 6.45) is 0. The standard InChI is InChI=1S/C15H14FNOS/c16-13-6-7-14(15(17)19)12(8-13)10-18-9-11-4-2-1-3-5-11/h1-8H,9-10H2,(H2,17,19). The number of benzene rings is 2. The van der Waals surface area contributed by atoms with E-state index in [0.717, 1.165) is 5.56 Å². The maximum atomic E-state index is 13.2. The lowest BCUT2D eigenvalue weighted by atomic mass is 10.1. The molecule has 0 amide bonds. The van der Waals surface area contributed by atoms with E-state index in [2.05, 4.69) is 0 Å². The minimum Gasteiger partial charge on any atom is -0.389 e. The van der Waals surface area contributed by atoms with E-state index in [-0.39, 0.29) is 17.4 Å². The first-order valence-electron chi connectivity index (χ1n) is 5.86. The van der Waals surface area contributed by atoms with Crippen LogP contribution in [0.5, 0.6) is 0 Å². The fourth-order valence-corrected chi connectivity index (χ4v) is 1.97. The van der Waals surface area contributed by atoms with Crippen molar-refractivity contribution in [1.29, 1.82) is 0 Å². The van der Waals surface area contributed by atoms with Crippen LogP contribution in [0.2, 0.25) is 0 Å². The summed E-state index contributed by atoms with van der Waals surface area (Å²) in [7, 11) is 0. The number of rotatable bonds is 5. The first-order valence-corrected chi connectivity index (χ1v) is 6.27. The van der Waals surface area contributed by atoms with E-state index in [1.165, 1.54) is 12.1 Å². The average molecular weight is 275 g/mol. The van der Waals surface area contributed by atoms with Crippen LogP contribution >= 0.6 is 12.2 Å². The van der Waals surface area contributed by atoms with Crippen molar-refractivity contribution >= 4 is 17.2 Å². The maximum Gasteiger partial charge on any atom is 0.123 e. The van der Waals surface area contributed by atoms with Gasteiger partial charge in [-0.3, -0.25) is 0 Å². The largest absolute Gasteiger partial charge is 0.389 e. The summed E-state index contributed by atoms with van der Waals surface area (Å²) >= 11 is 4.94. The molecule has 2 aromatic rings. The van der Waals surface area contributed by atoms with Crippen molar-refractivity contribution < 1.29 is 9.13 Å². The van der Waals surface area contributed by atoms with E-state index in [0.29, 0.717) is 17.7 Å². The quantitative estimate of drug-likeness (QED) is 0.851. The molecule has 2 N–H and O–H groups in total. The zero-order valence-corrected chi connectivity index (χ0v) is 11.1. The van der Waals surface area contributed by atoms with Gasteiger partial charge in [-0.1, -0.05) is 42.5 Å². The molecule has 0 heterocycles.